The lowest BCUT2D eigenvalue weighted by atomic mass is 10.1. The van der Waals surface area contributed by atoms with E-state index in [-0.39, 0.29) is 5.78 Å². The highest BCUT2D eigenvalue weighted by Crippen LogP contribution is 2.17. The van der Waals surface area contributed by atoms with Crippen molar-refractivity contribution in [2.24, 2.45) is 7.05 Å². The molecule has 0 saturated heterocycles. The van der Waals surface area contributed by atoms with Crippen LogP contribution in [0.15, 0.2) is 10.7 Å². The average Bonchev–Trinajstić information content (AvgIpc) is 2.34. The summed E-state index contributed by atoms with van der Waals surface area (Å²) in [6.45, 7) is 1.62. The van der Waals surface area contributed by atoms with E-state index >= 15 is 0 Å². The van der Waals surface area contributed by atoms with Crippen molar-refractivity contribution in [1.29, 1.82) is 0 Å². The summed E-state index contributed by atoms with van der Waals surface area (Å²) in [5.74, 6) is 0.248. The van der Waals surface area contributed by atoms with Crippen LogP contribution in [0, 0.1) is 0 Å². The highest BCUT2D eigenvalue weighted by molar-refractivity contribution is 9.10. The number of aryl methyl sites for hydroxylation is 1. The number of carbonyl (C=O) groups excluding carboxylic acids is 1. The molecular weight excluding hydrogens is 232 g/mol. The fourth-order valence-corrected chi connectivity index (χ4v) is 1.77. The summed E-state index contributed by atoms with van der Waals surface area (Å²) in [5, 5.41) is 4.10. The van der Waals surface area contributed by atoms with E-state index in [1.807, 2.05) is 11.7 Å². The van der Waals surface area contributed by atoms with Crippen LogP contribution in [0.3, 0.4) is 0 Å². The van der Waals surface area contributed by atoms with Gasteiger partial charge in [-0.1, -0.05) is 0 Å². The van der Waals surface area contributed by atoms with E-state index in [4.69, 9.17) is 0 Å². The van der Waals surface area contributed by atoms with E-state index < -0.39 is 0 Å². The summed E-state index contributed by atoms with van der Waals surface area (Å²) in [5.41, 5.74) is 1.15. The van der Waals surface area contributed by atoms with Crippen LogP contribution in [0.2, 0.25) is 0 Å². The first-order valence-corrected chi connectivity index (χ1v) is 5.06. The fourth-order valence-electron chi connectivity index (χ4n) is 1.22. The minimum absolute atomic E-state index is 0.248. The fraction of sp³-hybridized carbons (Fsp3) is 0.556. The SMILES string of the molecule is CC(=O)CCCc1c(Br)cnn1C. The second-order valence-corrected chi connectivity index (χ2v) is 3.97. The van der Waals surface area contributed by atoms with Crippen molar-refractivity contribution in [3.8, 4) is 0 Å². The van der Waals surface area contributed by atoms with E-state index in [2.05, 4.69) is 21.0 Å². The molecule has 0 saturated carbocycles. The zero-order valence-electron chi connectivity index (χ0n) is 7.88. The largest absolute Gasteiger partial charge is 0.300 e. The maximum Gasteiger partial charge on any atom is 0.129 e. The lowest BCUT2D eigenvalue weighted by Gasteiger charge is -2.01. The molecule has 0 unspecified atom stereocenters. The van der Waals surface area contributed by atoms with Crippen molar-refractivity contribution in [3.63, 3.8) is 0 Å². The first-order chi connectivity index (χ1) is 6.11. The Kier molecular flexibility index (Phi) is 3.66. The van der Waals surface area contributed by atoms with Crippen molar-refractivity contribution in [1.82, 2.24) is 9.78 Å². The number of nitrogens with zero attached hydrogens (tertiary/aromatic N) is 2. The Bertz CT molecular complexity index is 287. The molecule has 0 spiro atoms. The molecule has 0 aliphatic heterocycles. The molecule has 0 N–H and O–H groups in total. The first kappa shape index (κ1) is 10.4. The Morgan fingerprint density at radius 2 is 2.38 bits per heavy atom. The maximum absolute atomic E-state index is 10.7. The van der Waals surface area contributed by atoms with Gasteiger partial charge >= 0.3 is 0 Å². The Hall–Kier alpha value is -0.640. The van der Waals surface area contributed by atoms with E-state index in [1.54, 1.807) is 13.1 Å². The molecule has 0 fully saturated rings. The molecule has 0 aliphatic carbocycles. The molecule has 0 aliphatic rings. The van der Waals surface area contributed by atoms with Gasteiger partial charge in [0.05, 0.1) is 16.4 Å². The summed E-state index contributed by atoms with van der Waals surface area (Å²) in [7, 11) is 1.91. The van der Waals surface area contributed by atoms with Crippen LogP contribution in [0.5, 0.6) is 0 Å². The third-order valence-electron chi connectivity index (χ3n) is 1.95. The summed E-state index contributed by atoms with van der Waals surface area (Å²) in [6.07, 6.45) is 4.23. The van der Waals surface area contributed by atoms with Gasteiger partial charge in [0.25, 0.3) is 0 Å². The van der Waals surface area contributed by atoms with Crippen LogP contribution in [-0.2, 0) is 18.3 Å². The number of carbonyl (C=O) groups is 1. The third-order valence-corrected chi connectivity index (χ3v) is 2.62. The number of hydrogen-bond acceptors (Lipinski definition) is 2. The number of Topliss-reactive ketones (excluding diaryl/α,β-unsaturated/α-hetero) is 1. The Balaban J connectivity index is 2.49. The van der Waals surface area contributed by atoms with Gasteiger partial charge in [-0.3, -0.25) is 4.68 Å². The highest BCUT2D eigenvalue weighted by Gasteiger charge is 2.05. The zero-order valence-corrected chi connectivity index (χ0v) is 9.47. The van der Waals surface area contributed by atoms with E-state index in [0.29, 0.717) is 6.42 Å². The molecule has 0 atom stereocenters. The standard InChI is InChI=1S/C9H13BrN2O/c1-7(13)4-3-5-9-8(10)6-11-12(9)2/h6H,3-5H2,1-2H3. The monoisotopic (exact) mass is 244 g/mol. The van der Waals surface area contributed by atoms with Gasteiger partial charge in [0.1, 0.15) is 5.78 Å². The molecule has 1 heterocycles. The van der Waals surface area contributed by atoms with Crippen LogP contribution < -0.4 is 0 Å². The number of ketones is 1. The Morgan fingerprint density at radius 1 is 1.69 bits per heavy atom. The van der Waals surface area contributed by atoms with Gasteiger partial charge in [-0.2, -0.15) is 5.10 Å². The van der Waals surface area contributed by atoms with Gasteiger partial charge in [0.15, 0.2) is 0 Å². The molecule has 4 heteroatoms. The second-order valence-electron chi connectivity index (χ2n) is 3.12. The van der Waals surface area contributed by atoms with Crippen LogP contribution >= 0.6 is 15.9 Å². The van der Waals surface area contributed by atoms with Gasteiger partial charge in [0.2, 0.25) is 0 Å². The van der Waals surface area contributed by atoms with E-state index in [0.717, 1.165) is 23.0 Å². The predicted octanol–water partition coefficient (Wildman–Crippen LogP) is 2.09. The number of hydrogen-bond donors (Lipinski definition) is 0. The number of aromatic nitrogens is 2. The van der Waals surface area contributed by atoms with Crippen LogP contribution in [0.25, 0.3) is 0 Å². The van der Waals surface area contributed by atoms with Crippen molar-refractivity contribution in [3.05, 3.63) is 16.4 Å². The summed E-state index contributed by atoms with van der Waals surface area (Å²) >= 11 is 3.42. The van der Waals surface area contributed by atoms with Crippen LogP contribution in [0.1, 0.15) is 25.5 Å². The Morgan fingerprint density at radius 3 is 2.85 bits per heavy atom. The van der Waals surface area contributed by atoms with E-state index in [9.17, 15) is 4.79 Å². The normalized spacial score (nSPS) is 10.4. The summed E-state index contributed by atoms with van der Waals surface area (Å²) < 4.78 is 2.86. The number of halogens is 1. The predicted molar refractivity (Wildman–Crippen MR) is 54.5 cm³/mol. The molecule has 0 radical (unpaired) electrons. The topological polar surface area (TPSA) is 34.9 Å². The minimum Gasteiger partial charge on any atom is -0.300 e. The van der Waals surface area contributed by atoms with E-state index in [1.165, 1.54) is 0 Å². The number of rotatable bonds is 4. The summed E-state index contributed by atoms with van der Waals surface area (Å²) in [4.78, 5) is 10.7. The zero-order chi connectivity index (χ0) is 9.84. The molecule has 0 amide bonds. The van der Waals surface area contributed by atoms with Crippen LogP contribution in [0.4, 0.5) is 0 Å². The van der Waals surface area contributed by atoms with Gasteiger partial charge in [-0.05, 0) is 35.7 Å². The third kappa shape index (κ3) is 2.95. The lowest BCUT2D eigenvalue weighted by molar-refractivity contribution is -0.117. The van der Waals surface area contributed by atoms with Crippen molar-refractivity contribution in [2.45, 2.75) is 26.2 Å². The Labute approximate surface area is 86.3 Å². The average molecular weight is 245 g/mol. The molecule has 0 aromatic carbocycles. The smallest absolute Gasteiger partial charge is 0.129 e. The molecule has 1 aromatic heterocycles. The van der Waals surface area contributed by atoms with Gasteiger partial charge in [-0.15, -0.1) is 0 Å². The molecular formula is C9H13BrN2O. The molecule has 1 rings (SSSR count). The maximum atomic E-state index is 10.7. The molecule has 1 aromatic rings. The molecule has 0 bridgehead atoms. The lowest BCUT2D eigenvalue weighted by Crippen LogP contribution is -2.00. The molecule has 13 heavy (non-hydrogen) atoms. The van der Waals surface area contributed by atoms with Gasteiger partial charge < -0.3 is 4.79 Å². The second kappa shape index (κ2) is 4.56. The van der Waals surface area contributed by atoms with Gasteiger partial charge in [0, 0.05) is 13.5 Å². The van der Waals surface area contributed by atoms with Crippen LogP contribution in [-0.4, -0.2) is 15.6 Å². The molecule has 72 valence electrons. The molecule has 3 nitrogen and oxygen atoms in total. The van der Waals surface area contributed by atoms with Crippen molar-refractivity contribution in [2.75, 3.05) is 0 Å². The quantitative estimate of drug-likeness (QED) is 0.814. The minimum atomic E-state index is 0.248. The van der Waals surface area contributed by atoms with Crippen molar-refractivity contribution < 1.29 is 4.79 Å². The van der Waals surface area contributed by atoms with Crippen molar-refractivity contribution >= 4 is 21.7 Å². The van der Waals surface area contributed by atoms with Gasteiger partial charge in [-0.25, -0.2) is 0 Å². The summed E-state index contributed by atoms with van der Waals surface area (Å²) in [6, 6.07) is 0. The highest BCUT2D eigenvalue weighted by atomic mass is 79.9. The first-order valence-electron chi connectivity index (χ1n) is 4.27.